The van der Waals surface area contributed by atoms with Gasteiger partial charge in [-0.15, -0.1) is 0 Å². The van der Waals surface area contributed by atoms with Crippen molar-refractivity contribution in [2.75, 3.05) is 6.61 Å². The van der Waals surface area contributed by atoms with Crippen LogP contribution in [0.15, 0.2) is 11.5 Å². The van der Waals surface area contributed by atoms with Gasteiger partial charge in [-0.1, -0.05) is 0 Å². The summed E-state index contributed by atoms with van der Waals surface area (Å²) < 4.78 is 4.52. The minimum atomic E-state index is -1.69. The molecule has 0 radical (unpaired) electrons. The molecule has 6 heteroatoms. The first kappa shape index (κ1) is 9.27. The van der Waals surface area contributed by atoms with E-state index in [9.17, 15) is 0 Å². The quantitative estimate of drug-likeness (QED) is 0.330. The third-order valence-corrected chi connectivity index (χ3v) is 1.61. The summed E-state index contributed by atoms with van der Waals surface area (Å²) in [5, 5.41) is 44.3. The average Bonchev–Trinajstić information content (AvgIpc) is 2.08. The Labute approximate surface area is 68.0 Å². The summed E-state index contributed by atoms with van der Waals surface area (Å²) >= 11 is 0. The van der Waals surface area contributed by atoms with E-state index in [-0.39, 0.29) is 0 Å². The summed E-state index contributed by atoms with van der Waals surface area (Å²) in [5.41, 5.74) is 0. The molecule has 6 nitrogen and oxygen atoms in total. The molecule has 70 valence electrons. The fourth-order valence-electron chi connectivity index (χ4n) is 0.901. The van der Waals surface area contributed by atoms with Gasteiger partial charge in [0.05, 0.1) is 6.61 Å². The molecular weight excluding hydrogens is 168 g/mol. The highest BCUT2D eigenvalue weighted by Gasteiger charge is 2.35. The Balaban J connectivity index is 2.85. The number of hydrogen-bond donors (Lipinski definition) is 5. The zero-order valence-corrected chi connectivity index (χ0v) is 6.08. The van der Waals surface area contributed by atoms with E-state index in [1.54, 1.807) is 0 Å². The maximum atomic E-state index is 9.06. The molecular formula is C6H10O6. The molecule has 0 aromatic carbocycles. The normalized spacial score (nSPS) is 37.1. The average molecular weight is 178 g/mol. The van der Waals surface area contributed by atoms with Crippen LogP contribution in [0.5, 0.6) is 0 Å². The number of hydrogen-bond acceptors (Lipinski definition) is 6. The van der Waals surface area contributed by atoms with Crippen molar-refractivity contribution in [3.05, 3.63) is 11.5 Å². The summed E-state index contributed by atoms with van der Waals surface area (Å²) in [5.74, 6) is -1.60. The largest absolute Gasteiger partial charge is 0.506 e. The first-order chi connectivity index (χ1) is 5.57. The Kier molecular flexibility index (Phi) is 2.53. The van der Waals surface area contributed by atoms with Gasteiger partial charge in [-0.2, -0.15) is 0 Å². The van der Waals surface area contributed by atoms with E-state index in [0.717, 1.165) is 0 Å². The monoisotopic (exact) mass is 178 g/mol. The number of aliphatic hydroxyl groups is 5. The van der Waals surface area contributed by atoms with Crippen molar-refractivity contribution in [2.24, 2.45) is 0 Å². The third kappa shape index (κ3) is 1.37. The van der Waals surface area contributed by atoms with E-state index in [4.69, 9.17) is 25.5 Å². The molecule has 1 aliphatic rings. The zero-order chi connectivity index (χ0) is 9.30. The summed E-state index contributed by atoms with van der Waals surface area (Å²) in [6.07, 6.45) is -4.31. The van der Waals surface area contributed by atoms with Crippen LogP contribution in [-0.2, 0) is 4.74 Å². The summed E-state index contributed by atoms with van der Waals surface area (Å²) in [6, 6.07) is 0. The molecule has 0 amide bonds. The van der Waals surface area contributed by atoms with Gasteiger partial charge in [-0.3, -0.25) is 0 Å². The molecule has 1 rings (SSSR count). The van der Waals surface area contributed by atoms with Gasteiger partial charge in [0.1, 0.15) is 12.2 Å². The standard InChI is InChI=1S/C6H10O6/c7-1-2-3(8)4(9)5(10)6(11)12-2/h2-3,6-11H,1H2/t2-,3-,6-/m1/s1. The van der Waals surface area contributed by atoms with Gasteiger partial charge in [-0.05, 0) is 0 Å². The maximum absolute atomic E-state index is 9.06. The second kappa shape index (κ2) is 3.28. The van der Waals surface area contributed by atoms with Crippen molar-refractivity contribution < 1.29 is 30.3 Å². The lowest BCUT2D eigenvalue weighted by Crippen LogP contribution is -2.43. The van der Waals surface area contributed by atoms with E-state index in [1.807, 2.05) is 0 Å². The Bertz CT molecular complexity index is 200. The molecule has 0 saturated carbocycles. The molecule has 0 spiro atoms. The van der Waals surface area contributed by atoms with Crippen LogP contribution in [0.2, 0.25) is 0 Å². The first-order valence-corrected chi connectivity index (χ1v) is 3.32. The maximum Gasteiger partial charge on any atom is 0.218 e. The van der Waals surface area contributed by atoms with E-state index in [2.05, 4.69) is 4.74 Å². The molecule has 0 aliphatic carbocycles. The van der Waals surface area contributed by atoms with Crippen LogP contribution in [0, 0.1) is 0 Å². The summed E-state index contributed by atoms with van der Waals surface area (Å²) in [6.45, 7) is -0.560. The highest BCUT2D eigenvalue weighted by atomic mass is 16.6. The van der Waals surface area contributed by atoms with Crippen LogP contribution in [-0.4, -0.2) is 50.6 Å². The summed E-state index contributed by atoms with van der Waals surface area (Å²) in [7, 11) is 0. The number of ether oxygens (including phenoxy) is 1. The van der Waals surface area contributed by atoms with E-state index >= 15 is 0 Å². The molecule has 0 unspecified atom stereocenters. The molecule has 1 heterocycles. The number of rotatable bonds is 1. The van der Waals surface area contributed by atoms with Crippen molar-refractivity contribution in [2.45, 2.75) is 18.5 Å². The first-order valence-electron chi connectivity index (χ1n) is 3.32. The second-order valence-electron chi connectivity index (χ2n) is 2.42. The van der Waals surface area contributed by atoms with Crippen LogP contribution in [0.4, 0.5) is 0 Å². The van der Waals surface area contributed by atoms with Crippen LogP contribution in [0.25, 0.3) is 0 Å². The van der Waals surface area contributed by atoms with E-state index in [1.165, 1.54) is 0 Å². The van der Waals surface area contributed by atoms with Crippen LogP contribution < -0.4 is 0 Å². The van der Waals surface area contributed by atoms with Gasteiger partial charge >= 0.3 is 0 Å². The lowest BCUT2D eigenvalue weighted by Gasteiger charge is -2.29. The van der Waals surface area contributed by atoms with Gasteiger partial charge in [-0.25, -0.2) is 0 Å². The lowest BCUT2D eigenvalue weighted by atomic mass is 10.1. The molecule has 0 saturated heterocycles. The predicted molar refractivity (Wildman–Crippen MR) is 36.3 cm³/mol. The fourth-order valence-corrected chi connectivity index (χ4v) is 0.901. The Morgan fingerprint density at radius 3 is 2.25 bits per heavy atom. The van der Waals surface area contributed by atoms with Crippen LogP contribution in [0.1, 0.15) is 0 Å². The predicted octanol–water partition coefficient (Wildman–Crippen LogP) is -1.62. The zero-order valence-electron chi connectivity index (χ0n) is 6.08. The second-order valence-corrected chi connectivity index (χ2v) is 2.42. The van der Waals surface area contributed by atoms with E-state index < -0.39 is 36.6 Å². The molecule has 0 fully saturated rings. The molecule has 0 bridgehead atoms. The van der Waals surface area contributed by atoms with Crippen molar-refractivity contribution >= 4 is 0 Å². The highest BCUT2D eigenvalue weighted by molar-refractivity contribution is 5.11. The molecule has 12 heavy (non-hydrogen) atoms. The highest BCUT2D eigenvalue weighted by Crippen LogP contribution is 2.21. The molecule has 3 atom stereocenters. The number of aliphatic hydroxyl groups excluding tert-OH is 5. The van der Waals surface area contributed by atoms with Gasteiger partial charge < -0.3 is 30.3 Å². The molecule has 5 N–H and O–H groups in total. The SMILES string of the molecule is OC[C@H]1O[C@@H](O)C(O)=C(O)[C@@H]1O. The Morgan fingerprint density at radius 2 is 1.75 bits per heavy atom. The van der Waals surface area contributed by atoms with Crippen molar-refractivity contribution in [3.8, 4) is 0 Å². The lowest BCUT2D eigenvalue weighted by molar-refractivity contribution is -0.188. The van der Waals surface area contributed by atoms with Crippen LogP contribution in [0.3, 0.4) is 0 Å². The summed E-state index contributed by atoms with van der Waals surface area (Å²) in [4.78, 5) is 0. The van der Waals surface area contributed by atoms with Crippen molar-refractivity contribution in [1.82, 2.24) is 0 Å². The van der Waals surface area contributed by atoms with Gasteiger partial charge in [0, 0.05) is 0 Å². The third-order valence-electron chi connectivity index (χ3n) is 1.61. The Morgan fingerprint density at radius 1 is 1.17 bits per heavy atom. The van der Waals surface area contributed by atoms with Gasteiger partial charge in [0.15, 0.2) is 11.5 Å². The van der Waals surface area contributed by atoms with Gasteiger partial charge in [0.25, 0.3) is 0 Å². The van der Waals surface area contributed by atoms with Gasteiger partial charge in [0.2, 0.25) is 6.29 Å². The van der Waals surface area contributed by atoms with Crippen LogP contribution >= 0.6 is 0 Å². The Hall–Kier alpha value is -0.820. The molecule has 0 aromatic rings. The minimum absolute atomic E-state index is 0.560. The molecule has 0 aromatic heterocycles. The van der Waals surface area contributed by atoms with E-state index in [0.29, 0.717) is 0 Å². The topological polar surface area (TPSA) is 110 Å². The fraction of sp³-hybridized carbons (Fsp3) is 0.667. The van der Waals surface area contributed by atoms with Crippen molar-refractivity contribution in [3.63, 3.8) is 0 Å². The van der Waals surface area contributed by atoms with Crippen molar-refractivity contribution in [1.29, 1.82) is 0 Å². The smallest absolute Gasteiger partial charge is 0.218 e. The minimum Gasteiger partial charge on any atom is -0.506 e. The molecule has 1 aliphatic heterocycles.